The maximum absolute atomic E-state index is 12.7. The van der Waals surface area contributed by atoms with Crippen molar-refractivity contribution >= 4 is 22.8 Å². The van der Waals surface area contributed by atoms with Crippen molar-refractivity contribution < 1.29 is 9.59 Å². The number of amides is 2. The summed E-state index contributed by atoms with van der Waals surface area (Å²) in [7, 11) is 0. The third-order valence-electron chi connectivity index (χ3n) is 4.64. The number of piperazine rings is 1. The zero-order chi connectivity index (χ0) is 18.1. The first-order valence-corrected chi connectivity index (χ1v) is 8.47. The van der Waals surface area contributed by atoms with Crippen LogP contribution in [0.3, 0.4) is 0 Å². The van der Waals surface area contributed by atoms with E-state index in [0.717, 1.165) is 0 Å². The molecule has 4 rings (SSSR count). The number of fused-ring (bicyclic) bond motifs is 1. The minimum absolute atomic E-state index is 0.0102. The summed E-state index contributed by atoms with van der Waals surface area (Å²) in [6, 6.07) is 14.3. The molecule has 2 amide bonds. The molecule has 0 saturated carbocycles. The Balaban J connectivity index is 1.44. The number of hydrogen-bond donors (Lipinski definition) is 2. The van der Waals surface area contributed by atoms with Crippen LogP contribution in [0.25, 0.3) is 11.0 Å². The lowest BCUT2D eigenvalue weighted by atomic mass is 10.1. The van der Waals surface area contributed by atoms with Crippen LogP contribution in [-0.2, 0) is 0 Å². The summed E-state index contributed by atoms with van der Waals surface area (Å²) >= 11 is 0. The van der Waals surface area contributed by atoms with Crippen LogP contribution in [-0.4, -0.2) is 57.8 Å². The Bertz CT molecular complexity index is 1010. The first-order valence-electron chi connectivity index (χ1n) is 8.47. The molecule has 0 spiro atoms. The van der Waals surface area contributed by atoms with Crippen molar-refractivity contribution in [1.29, 1.82) is 0 Å². The van der Waals surface area contributed by atoms with E-state index in [9.17, 15) is 14.4 Å². The van der Waals surface area contributed by atoms with Gasteiger partial charge >= 0.3 is 5.69 Å². The molecule has 1 aliphatic rings. The summed E-state index contributed by atoms with van der Waals surface area (Å²) in [5.41, 5.74) is 2.17. The number of aromatic nitrogens is 2. The molecule has 2 heterocycles. The Morgan fingerprint density at radius 1 is 0.731 bits per heavy atom. The van der Waals surface area contributed by atoms with E-state index >= 15 is 0 Å². The van der Waals surface area contributed by atoms with Gasteiger partial charge in [0.1, 0.15) is 0 Å². The second kappa shape index (κ2) is 6.51. The standard InChI is InChI=1S/C19H18N4O3/c24-17(13-4-2-1-3-5-13)22-8-10-23(11-9-22)18(25)14-6-7-15-16(12-14)21-19(26)20-15/h1-7,12H,8-11H2,(H2,20,21,26). The van der Waals surface area contributed by atoms with E-state index < -0.39 is 0 Å². The van der Waals surface area contributed by atoms with E-state index in [-0.39, 0.29) is 17.5 Å². The molecule has 1 fully saturated rings. The summed E-state index contributed by atoms with van der Waals surface area (Å²) in [6.45, 7) is 1.98. The van der Waals surface area contributed by atoms with Gasteiger partial charge in [-0.1, -0.05) is 18.2 Å². The quantitative estimate of drug-likeness (QED) is 0.733. The molecular weight excluding hydrogens is 332 g/mol. The Kier molecular flexibility index (Phi) is 4.04. The van der Waals surface area contributed by atoms with Crippen LogP contribution in [0.4, 0.5) is 0 Å². The molecule has 1 aromatic heterocycles. The molecule has 0 aliphatic carbocycles. The van der Waals surface area contributed by atoms with Gasteiger partial charge in [0.2, 0.25) is 0 Å². The maximum Gasteiger partial charge on any atom is 0.323 e. The number of aromatic amines is 2. The number of benzene rings is 2. The largest absolute Gasteiger partial charge is 0.335 e. The summed E-state index contributed by atoms with van der Waals surface area (Å²) in [5, 5.41) is 0. The lowest BCUT2D eigenvalue weighted by Gasteiger charge is -2.34. The topological polar surface area (TPSA) is 89.3 Å². The Morgan fingerprint density at radius 2 is 1.31 bits per heavy atom. The van der Waals surface area contributed by atoms with Crippen LogP contribution >= 0.6 is 0 Å². The fourth-order valence-electron chi connectivity index (χ4n) is 3.22. The van der Waals surface area contributed by atoms with Gasteiger partial charge in [0.25, 0.3) is 11.8 Å². The Hall–Kier alpha value is -3.35. The predicted molar refractivity (Wildman–Crippen MR) is 97.2 cm³/mol. The summed E-state index contributed by atoms with van der Waals surface area (Å²) < 4.78 is 0. The number of carbonyl (C=O) groups is 2. The van der Waals surface area contributed by atoms with Gasteiger partial charge in [0.05, 0.1) is 11.0 Å². The number of nitrogens with zero attached hydrogens (tertiary/aromatic N) is 2. The van der Waals surface area contributed by atoms with E-state index in [1.165, 1.54) is 0 Å². The van der Waals surface area contributed by atoms with Crippen LogP contribution in [0, 0.1) is 0 Å². The second-order valence-electron chi connectivity index (χ2n) is 6.29. The lowest BCUT2D eigenvalue weighted by molar-refractivity contribution is 0.0535. The first kappa shape index (κ1) is 16.1. The van der Waals surface area contributed by atoms with Gasteiger partial charge in [-0.3, -0.25) is 9.59 Å². The van der Waals surface area contributed by atoms with Crippen LogP contribution in [0.1, 0.15) is 20.7 Å². The highest BCUT2D eigenvalue weighted by Gasteiger charge is 2.25. The summed E-state index contributed by atoms with van der Waals surface area (Å²) in [6.07, 6.45) is 0. The predicted octanol–water partition coefficient (Wildman–Crippen LogP) is 1.45. The van der Waals surface area contributed by atoms with E-state index in [4.69, 9.17) is 0 Å². The third-order valence-corrected chi connectivity index (χ3v) is 4.64. The zero-order valence-electron chi connectivity index (χ0n) is 14.1. The average Bonchev–Trinajstić information content (AvgIpc) is 3.07. The van der Waals surface area contributed by atoms with E-state index in [2.05, 4.69) is 9.97 Å². The number of nitrogens with one attached hydrogen (secondary N) is 2. The fraction of sp³-hybridized carbons (Fsp3) is 0.211. The molecular formula is C19H18N4O3. The minimum Gasteiger partial charge on any atom is -0.335 e. The molecule has 2 N–H and O–H groups in total. The average molecular weight is 350 g/mol. The Labute approximate surface area is 149 Å². The molecule has 7 nitrogen and oxygen atoms in total. The van der Waals surface area contributed by atoms with E-state index in [1.807, 2.05) is 18.2 Å². The molecule has 132 valence electrons. The van der Waals surface area contributed by atoms with Crippen LogP contribution in [0.15, 0.2) is 53.3 Å². The molecule has 26 heavy (non-hydrogen) atoms. The van der Waals surface area contributed by atoms with Crippen LogP contribution in [0.5, 0.6) is 0 Å². The number of rotatable bonds is 2. The Morgan fingerprint density at radius 3 is 1.96 bits per heavy atom. The summed E-state index contributed by atoms with van der Waals surface area (Å²) in [4.78, 5) is 45.4. The van der Waals surface area contributed by atoms with Crippen molar-refractivity contribution in [3.8, 4) is 0 Å². The number of carbonyl (C=O) groups excluding carboxylic acids is 2. The minimum atomic E-state index is -0.294. The van der Waals surface area contributed by atoms with Crippen molar-refractivity contribution in [2.45, 2.75) is 0 Å². The van der Waals surface area contributed by atoms with Gasteiger partial charge in [0.15, 0.2) is 0 Å². The SMILES string of the molecule is O=C(c1ccccc1)N1CCN(C(=O)c2ccc3[nH]c(=O)[nH]c3c2)CC1. The molecule has 1 saturated heterocycles. The van der Waals surface area contributed by atoms with E-state index in [0.29, 0.717) is 48.3 Å². The molecule has 0 bridgehead atoms. The molecule has 1 aliphatic heterocycles. The molecule has 7 heteroatoms. The van der Waals surface area contributed by atoms with Gasteiger partial charge in [-0.05, 0) is 30.3 Å². The number of H-pyrrole nitrogens is 2. The monoisotopic (exact) mass is 350 g/mol. The van der Waals surface area contributed by atoms with Gasteiger partial charge in [-0.2, -0.15) is 0 Å². The second-order valence-corrected chi connectivity index (χ2v) is 6.29. The van der Waals surface area contributed by atoms with Gasteiger partial charge < -0.3 is 19.8 Å². The number of imidazole rings is 1. The molecule has 0 radical (unpaired) electrons. The molecule has 0 unspecified atom stereocenters. The maximum atomic E-state index is 12.7. The van der Waals surface area contributed by atoms with E-state index in [1.54, 1.807) is 40.1 Å². The lowest BCUT2D eigenvalue weighted by Crippen LogP contribution is -2.50. The van der Waals surface area contributed by atoms with Gasteiger partial charge in [-0.15, -0.1) is 0 Å². The highest BCUT2D eigenvalue weighted by atomic mass is 16.2. The zero-order valence-corrected chi connectivity index (χ0v) is 14.1. The van der Waals surface area contributed by atoms with Crippen molar-refractivity contribution in [3.05, 3.63) is 70.1 Å². The van der Waals surface area contributed by atoms with Crippen molar-refractivity contribution in [2.24, 2.45) is 0 Å². The number of hydrogen-bond acceptors (Lipinski definition) is 3. The highest BCUT2D eigenvalue weighted by molar-refractivity contribution is 5.98. The smallest absolute Gasteiger partial charge is 0.323 e. The van der Waals surface area contributed by atoms with Crippen molar-refractivity contribution in [1.82, 2.24) is 19.8 Å². The summed E-state index contributed by atoms with van der Waals surface area (Å²) in [5.74, 6) is -0.107. The molecule has 0 atom stereocenters. The van der Waals surface area contributed by atoms with Crippen LogP contribution in [0.2, 0.25) is 0 Å². The fourth-order valence-corrected chi connectivity index (χ4v) is 3.22. The molecule has 3 aromatic rings. The normalized spacial score (nSPS) is 14.6. The van der Waals surface area contributed by atoms with Crippen molar-refractivity contribution in [2.75, 3.05) is 26.2 Å². The third kappa shape index (κ3) is 2.99. The first-order chi connectivity index (χ1) is 12.6. The van der Waals surface area contributed by atoms with Gasteiger partial charge in [0, 0.05) is 37.3 Å². The van der Waals surface area contributed by atoms with Crippen LogP contribution < -0.4 is 5.69 Å². The van der Waals surface area contributed by atoms with Gasteiger partial charge in [-0.25, -0.2) is 4.79 Å². The highest BCUT2D eigenvalue weighted by Crippen LogP contribution is 2.15. The van der Waals surface area contributed by atoms with Crippen molar-refractivity contribution in [3.63, 3.8) is 0 Å². The molecule has 2 aromatic carbocycles.